The van der Waals surface area contributed by atoms with Crippen LogP contribution in [0.1, 0.15) is 55.6 Å². The summed E-state index contributed by atoms with van der Waals surface area (Å²) in [6.45, 7) is 4.35. The quantitative estimate of drug-likeness (QED) is 0.147. The highest BCUT2D eigenvalue weighted by atomic mass is 15.1. The number of fused-ring (bicyclic) bond motifs is 6. The van der Waals surface area contributed by atoms with E-state index in [0.717, 1.165) is 17.1 Å². The molecule has 0 saturated carbocycles. The van der Waals surface area contributed by atoms with Crippen LogP contribution in [0.2, 0.25) is 0 Å². The minimum Gasteiger partial charge on any atom is -0.310 e. The maximum atomic E-state index is 2.49. The van der Waals surface area contributed by atoms with Crippen molar-refractivity contribution in [3.8, 4) is 33.4 Å². The van der Waals surface area contributed by atoms with Crippen LogP contribution in [0.4, 0.5) is 17.1 Å². The van der Waals surface area contributed by atoms with Gasteiger partial charge in [-0.25, -0.2) is 0 Å². The number of hydrogen-bond acceptors (Lipinski definition) is 1. The molecule has 0 amide bonds. The molecule has 0 fully saturated rings. The molecule has 0 saturated heterocycles. The molecule has 1 heteroatoms. The summed E-state index contributed by atoms with van der Waals surface area (Å²) in [5.74, 6) is 0. The molecular weight excluding hydrogens is 783 g/mol. The fourth-order valence-electron chi connectivity index (χ4n) is 11.3. The molecule has 0 spiro atoms. The van der Waals surface area contributed by atoms with E-state index in [4.69, 9.17) is 0 Å². The predicted molar refractivity (Wildman–Crippen MR) is 271 cm³/mol. The Bertz CT molecular complexity index is 3370. The average Bonchev–Trinajstić information content (AvgIpc) is 3.83. The minimum absolute atomic E-state index is 0.486. The van der Waals surface area contributed by atoms with Gasteiger partial charge in [0.1, 0.15) is 0 Å². The van der Waals surface area contributed by atoms with E-state index in [1.807, 2.05) is 0 Å². The number of rotatable bonds is 8. The van der Waals surface area contributed by atoms with Gasteiger partial charge in [-0.1, -0.05) is 223 Å². The zero-order valence-electron chi connectivity index (χ0n) is 36.6. The summed E-state index contributed by atoms with van der Waals surface area (Å²) < 4.78 is 0. The standard InChI is InChI=1S/C64H47N/c1-44-29-33-50(34-30-44)63(48-20-8-4-9-21-48)60-28-15-13-26-56(60)58-42-53(38-40-61(58)63)65(52-24-16-19-47(41-52)46-17-6-3-7-18-46)54-37-39-57-55-25-12-14-27-59(55)64(62(57)43-54,49-22-10-5-11-23-49)51-35-31-45(2)32-36-51/h3-43H,1-2H3. The first kappa shape index (κ1) is 38.7. The Hall–Kier alpha value is -8.00. The molecule has 0 heterocycles. The first-order valence-corrected chi connectivity index (χ1v) is 22.7. The topological polar surface area (TPSA) is 3.24 Å². The molecule has 0 aromatic heterocycles. The lowest BCUT2D eigenvalue weighted by Crippen LogP contribution is -2.29. The molecule has 0 N–H and O–H groups in total. The van der Waals surface area contributed by atoms with Crippen LogP contribution in [0.3, 0.4) is 0 Å². The molecule has 2 unspecified atom stereocenters. The average molecular weight is 830 g/mol. The molecule has 10 aromatic carbocycles. The summed E-state index contributed by atoms with van der Waals surface area (Å²) in [4.78, 5) is 2.48. The van der Waals surface area contributed by atoms with E-state index in [0.29, 0.717) is 0 Å². The van der Waals surface area contributed by atoms with Gasteiger partial charge in [0.25, 0.3) is 0 Å². The Morgan fingerprint density at radius 2 is 0.677 bits per heavy atom. The van der Waals surface area contributed by atoms with Gasteiger partial charge in [-0.3, -0.25) is 0 Å². The second kappa shape index (κ2) is 15.4. The van der Waals surface area contributed by atoms with Crippen LogP contribution < -0.4 is 4.90 Å². The van der Waals surface area contributed by atoms with Gasteiger partial charge in [0.05, 0.1) is 10.8 Å². The summed E-state index contributed by atoms with van der Waals surface area (Å²) >= 11 is 0. The van der Waals surface area contributed by atoms with E-state index < -0.39 is 10.8 Å². The van der Waals surface area contributed by atoms with Crippen LogP contribution in [0.15, 0.2) is 249 Å². The summed E-state index contributed by atoms with van der Waals surface area (Å²) in [5, 5.41) is 0. The number of aryl methyl sites for hydroxylation is 2. The molecule has 0 aliphatic heterocycles. The summed E-state index contributed by atoms with van der Waals surface area (Å²) in [5.41, 5.74) is 22.5. The Kier molecular flexibility index (Phi) is 9.14. The van der Waals surface area contributed by atoms with Gasteiger partial charge >= 0.3 is 0 Å². The third-order valence-corrected chi connectivity index (χ3v) is 14.2. The molecule has 12 rings (SSSR count). The third kappa shape index (κ3) is 5.93. The van der Waals surface area contributed by atoms with Crippen molar-refractivity contribution in [1.29, 1.82) is 0 Å². The molecular formula is C64H47N. The fraction of sp³-hybridized carbons (Fsp3) is 0.0625. The Morgan fingerprint density at radius 1 is 0.262 bits per heavy atom. The number of hydrogen-bond donors (Lipinski definition) is 0. The zero-order chi connectivity index (χ0) is 43.5. The lowest BCUT2D eigenvalue weighted by Gasteiger charge is -2.35. The van der Waals surface area contributed by atoms with Crippen molar-refractivity contribution in [3.05, 3.63) is 304 Å². The van der Waals surface area contributed by atoms with Crippen molar-refractivity contribution in [2.75, 3.05) is 4.90 Å². The maximum absolute atomic E-state index is 2.49. The summed E-state index contributed by atoms with van der Waals surface area (Å²) in [6, 6.07) is 92.9. The molecule has 1 nitrogen and oxygen atoms in total. The molecule has 10 aromatic rings. The van der Waals surface area contributed by atoms with E-state index in [1.54, 1.807) is 0 Å². The molecule has 2 atom stereocenters. The molecule has 2 aliphatic rings. The highest BCUT2D eigenvalue weighted by Gasteiger charge is 2.48. The highest BCUT2D eigenvalue weighted by Crippen LogP contribution is 2.59. The minimum atomic E-state index is -0.533. The van der Waals surface area contributed by atoms with Gasteiger partial charge in [-0.05, 0) is 128 Å². The Labute approximate surface area is 382 Å². The van der Waals surface area contributed by atoms with Gasteiger partial charge in [0, 0.05) is 17.1 Å². The first-order valence-electron chi connectivity index (χ1n) is 22.7. The number of benzene rings is 10. The Morgan fingerprint density at radius 3 is 1.28 bits per heavy atom. The van der Waals surface area contributed by atoms with Crippen molar-refractivity contribution in [3.63, 3.8) is 0 Å². The number of nitrogens with zero attached hydrogens (tertiary/aromatic N) is 1. The lowest BCUT2D eigenvalue weighted by molar-refractivity contribution is 0.767. The van der Waals surface area contributed by atoms with Crippen LogP contribution in [0, 0.1) is 13.8 Å². The first-order chi connectivity index (χ1) is 32.0. The molecule has 0 radical (unpaired) electrons. The zero-order valence-corrected chi connectivity index (χ0v) is 36.6. The van der Waals surface area contributed by atoms with Gasteiger partial charge < -0.3 is 4.90 Å². The normalized spacial score (nSPS) is 16.6. The van der Waals surface area contributed by atoms with Crippen molar-refractivity contribution in [2.24, 2.45) is 0 Å². The van der Waals surface area contributed by atoms with Gasteiger partial charge in [0.15, 0.2) is 0 Å². The monoisotopic (exact) mass is 829 g/mol. The van der Waals surface area contributed by atoms with Crippen LogP contribution in [0.5, 0.6) is 0 Å². The summed E-state index contributed by atoms with van der Waals surface area (Å²) in [6.07, 6.45) is 0. The SMILES string of the molecule is Cc1ccc(C2(c3ccccc3)c3ccccc3-c3cc(N(c4cccc(-c5ccccc5)c4)c4ccc5c(c4)C(c4ccccc4)(c4ccc(C)cc4)c4ccccc4-5)ccc32)cc1. The Balaban J connectivity index is 1.13. The van der Waals surface area contributed by atoms with E-state index in [-0.39, 0.29) is 0 Å². The van der Waals surface area contributed by atoms with Crippen LogP contribution in [-0.4, -0.2) is 0 Å². The van der Waals surface area contributed by atoms with Crippen molar-refractivity contribution >= 4 is 17.1 Å². The van der Waals surface area contributed by atoms with E-state index in [1.165, 1.54) is 89.0 Å². The lowest BCUT2D eigenvalue weighted by atomic mass is 9.67. The van der Waals surface area contributed by atoms with Crippen LogP contribution in [0.25, 0.3) is 33.4 Å². The largest absolute Gasteiger partial charge is 0.310 e. The third-order valence-electron chi connectivity index (χ3n) is 14.2. The van der Waals surface area contributed by atoms with Gasteiger partial charge in [-0.2, -0.15) is 0 Å². The molecule has 308 valence electrons. The smallest absolute Gasteiger partial charge is 0.0714 e. The van der Waals surface area contributed by atoms with E-state index in [9.17, 15) is 0 Å². The van der Waals surface area contributed by atoms with Crippen molar-refractivity contribution in [1.82, 2.24) is 0 Å². The molecule has 65 heavy (non-hydrogen) atoms. The second-order valence-electron chi connectivity index (χ2n) is 17.8. The van der Waals surface area contributed by atoms with E-state index in [2.05, 4.69) is 267 Å². The summed E-state index contributed by atoms with van der Waals surface area (Å²) in [7, 11) is 0. The molecule has 2 aliphatic carbocycles. The van der Waals surface area contributed by atoms with Crippen LogP contribution >= 0.6 is 0 Å². The molecule has 0 bridgehead atoms. The fourth-order valence-corrected chi connectivity index (χ4v) is 11.3. The van der Waals surface area contributed by atoms with Crippen LogP contribution in [-0.2, 0) is 10.8 Å². The predicted octanol–water partition coefficient (Wildman–Crippen LogP) is 16.2. The number of anilines is 3. The van der Waals surface area contributed by atoms with Crippen molar-refractivity contribution in [2.45, 2.75) is 24.7 Å². The van der Waals surface area contributed by atoms with Crippen molar-refractivity contribution < 1.29 is 0 Å². The highest BCUT2D eigenvalue weighted by molar-refractivity contribution is 5.93. The maximum Gasteiger partial charge on any atom is 0.0714 e. The van der Waals surface area contributed by atoms with Gasteiger partial charge in [0.2, 0.25) is 0 Å². The van der Waals surface area contributed by atoms with E-state index >= 15 is 0 Å². The second-order valence-corrected chi connectivity index (χ2v) is 17.8. The van der Waals surface area contributed by atoms with Gasteiger partial charge in [-0.15, -0.1) is 0 Å².